The molecule has 8 atom stereocenters. The van der Waals surface area contributed by atoms with Crippen LogP contribution in [-0.4, -0.2) is 46.9 Å². The van der Waals surface area contributed by atoms with Crippen LogP contribution in [0, 0.1) is 28.6 Å². The Kier molecular flexibility index (Phi) is 6.77. The number of rotatable bonds is 3. The second kappa shape index (κ2) is 9.46. The minimum atomic E-state index is -0.706. The summed E-state index contributed by atoms with van der Waals surface area (Å²) in [5.74, 6) is -0.927. The number of allylic oxidation sites excluding steroid dienone is 1. The van der Waals surface area contributed by atoms with Crippen LogP contribution >= 0.6 is 0 Å². The summed E-state index contributed by atoms with van der Waals surface area (Å²) in [7, 11) is 0. The van der Waals surface area contributed by atoms with Gasteiger partial charge in [0.15, 0.2) is 0 Å². The number of carbonyl (C=O) groups excluding carboxylic acids is 3. The van der Waals surface area contributed by atoms with Gasteiger partial charge >= 0.3 is 17.9 Å². The Morgan fingerprint density at radius 3 is 2.56 bits per heavy atom. The number of fused-ring (bicyclic) bond motifs is 3. The quantitative estimate of drug-likeness (QED) is 0.392. The predicted octanol–water partition coefficient (Wildman–Crippen LogP) is 5.14. The summed E-state index contributed by atoms with van der Waals surface area (Å²) < 4.78 is 17.7. The van der Waals surface area contributed by atoms with Gasteiger partial charge in [-0.2, -0.15) is 0 Å². The van der Waals surface area contributed by atoms with Crippen molar-refractivity contribution in [2.45, 2.75) is 104 Å². The van der Waals surface area contributed by atoms with Crippen LogP contribution in [0.4, 0.5) is 0 Å². The minimum Gasteiger partial charge on any atom is -0.462 e. The van der Waals surface area contributed by atoms with E-state index in [2.05, 4.69) is 26.8 Å². The molecular weight excluding hydrogens is 496 g/mol. The second-order valence-corrected chi connectivity index (χ2v) is 13.2. The van der Waals surface area contributed by atoms with E-state index in [1.165, 1.54) is 13.0 Å². The summed E-state index contributed by atoms with van der Waals surface area (Å²) in [5, 5.41) is 11.7. The Morgan fingerprint density at radius 1 is 1.18 bits per heavy atom. The van der Waals surface area contributed by atoms with Crippen LogP contribution in [0.25, 0.3) is 0 Å². The molecule has 0 spiro atoms. The highest BCUT2D eigenvalue weighted by Crippen LogP contribution is 2.69. The molecule has 0 saturated heterocycles. The highest BCUT2D eigenvalue weighted by Gasteiger charge is 2.67. The molecule has 2 heterocycles. The van der Waals surface area contributed by atoms with Crippen LogP contribution in [0.15, 0.2) is 46.6 Å². The Morgan fingerprint density at radius 2 is 1.90 bits per heavy atom. The Labute approximate surface area is 231 Å². The molecule has 0 radical (unpaired) electrons. The maximum absolute atomic E-state index is 12.4. The standard InChI is InChI=1S/C32H42O7/c1-17-8-12-26(38-29(17)36)18(2)24-15-27(37-19(3)33)32(7)23-11-10-22-20(9-13-28(35)39-30(22,4)5)14-21(23)25(34)16-31(24,32)6/h8-9,13-14,18,22,24-27,34H,10-12,15-16H2,1-7H3/t18-,22+,24+,25-,26-,27+,31+,32+/m0/s1. The average Bonchev–Trinajstić information content (AvgIpc) is 2.98. The third kappa shape index (κ3) is 4.32. The third-order valence-corrected chi connectivity index (χ3v) is 10.9. The van der Waals surface area contributed by atoms with Crippen molar-refractivity contribution in [1.82, 2.24) is 0 Å². The van der Waals surface area contributed by atoms with E-state index in [4.69, 9.17) is 14.2 Å². The van der Waals surface area contributed by atoms with Crippen molar-refractivity contribution in [3.63, 3.8) is 0 Å². The van der Waals surface area contributed by atoms with Gasteiger partial charge in [0.25, 0.3) is 0 Å². The number of esters is 3. The van der Waals surface area contributed by atoms with Crippen LogP contribution in [-0.2, 0) is 28.6 Å². The maximum atomic E-state index is 12.4. The lowest BCUT2D eigenvalue weighted by Crippen LogP contribution is -2.52. The number of hydrogen-bond acceptors (Lipinski definition) is 7. The van der Waals surface area contributed by atoms with Gasteiger partial charge in [-0.15, -0.1) is 0 Å². The summed E-state index contributed by atoms with van der Waals surface area (Å²) in [6.45, 7) is 13.7. The van der Waals surface area contributed by atoms with E-state index in [9.17, 15) is 19.5 Å². The smallest absolute Gasteiger partial charge is 0.333 e. The molecule has 0 bridgehead atoms. The molecular formula is C32H42O7. The highest BCUT2D eigenvalue weighted by atomic mass is 16.6. The molecule has 0 aromatic heterocycles. The molecule has 0 aromatic rings. The lowest BCUT2D eigenvalue weighted by molar-refractivity contribution is -0.154. The Bertz CT molecular complexity index is 1220. The van der Waals surface area contributed by atoms with Gasteiger partial charge in [0.2, 0.25) is 0 Å². The van der Waals surface area contributed by atoms with Crippen LogP contribution in [0.1, 0.15) is 80.6 Å². The molecule has 39 heavy (non-hydrogen) atoms. The zero-order chi connectivity index (χ0) is 28.5. The van der Waals surface area contributed by atoms with E-state index in [1.807, 2.05) is 26.0 Å². The molecule has 0 amide bonds. The molecule has 7 nitrogen and oxygen atoms in total. The van der Waals surface area contributed by atoms with Crippen molar-refractivity contribution < 1.29 is 33.7 Å². The molecule has 5 rings (SSSR count). The fourth-order valence-corrected chi connectivity index (χ4v) is 8.56. The average molecular weight is 539 g/mol. The van der Waals surface area contributed by atoms with E-state index in [0.29, 0.717) is 31.3 Å². The number of carbonyl (C=O) groups is 3. The van der Waals surface area contributed by atoms with Crippen molar-refractivity contribution in [2.24, 2.45) is 28.6 Å². The van der Waals surface area contributed by atoms with Crippen molar-refractivity contribution in [1.29, 1.82) is 0 Å². The molecule has 2 aliphatic heterocycles. The summed E-state index contributed by atoms with van der Waals surface area (Å²) in [4.78, 5) is 37.1. The van der Waals surface area contributed by atoms with Crippen LogP contribution < -0.4 is 0 Å². The summed E-state index contributed by atoms with van der Waals surface area (Å²) in [6, 6.07) is 0. The first-order chi connectivity index (χ1) is 18.2. The van der Waals surface area contributed by atoms with E-state index in [0.717, 1.165) is 23.1 Å². The molecule has 3 aliphatic carbocycles. The minimum absolute atomic E-state index is 0.00837. The molecule has 0 unspecified atom stereocenters. The first kappa shape index (κ1) is 27.9. The van der Waals surface area contributed by atoms with Crippen molar-refractivity contribution in [3.8, 4) is 0 Å². The van der Waals surface area contributed by atoms with Gasteiger partial charge in [0.1, 0.15) is 17.8 Å². The fourth-order valence-electron chi connectivity index (χ4n) is 8.56. The number of cyclic esters (lactones) is 2. The topological polar surface area (TPSA) is 99.1 Å². The number of aliphatic hydroxyl groups excluding tert-OH is 1. The predicted molar refractivity (Wildman–Crippen MR) is 145 cm³/mol. The van der Waals surface area contributed by atoms with Crippen molar-refractivity contribution in [3.05, 3.63) is 46.6 Å². The van der Waals surface area contributed by atoms with E-state index < -0.39 is 22.5 Å². The summed E-state index contributed by atoms with van der Waals surface area (Å²) in [6.07, 6.45) is 9.19. The lowest BCUT2D eigenvalue weighted by atomic mass is 9.51. The molecule has 7 heteroatoms. The summed E-state index contributed by atoms with van der Waals surface area (Å²) in [5.41, 5.74) is 1.97. The molecule has 1 fully saturated rings. The highest BCUT2D eigenvalue weighted by molar-refractivity contribution is 5.88. The number of ether oxygens (including phenoxy) is 3. The number of hydrogen-bond donors (Lipinski definition) is 1. The van der Waals surface area contributed by atoms with Gasteiger partial charge in [-0.25, -0.2) is 9.59 Å². The van der Waals surface area contributed by atoms with Gasteiger partial charge < -0.3 is 19.3 Å². The SMILES string of the molecule is CC(=O)O[C@@H]1C[C@H]([C@H](C)[C@@H]2CC=C(C)C(=O)O2)[C@@]2(C)C[C@H](O)C3=C(CC[C@@H]4C(=C3)C=CC(=O)OC4(C)C)[C@]12C. The summed E-state index contributed by atoms with van der Waals surface area (Å²) >= 11 is 0. The zero-order valence-electron chi connectivity index (χ0n) is 24.2. The fraction of sp³-hybridized carbons (Fsp3) is 0.656. The van der Waals surface area contributed by atoms with Gasteiger partial charge in [-0.1, -0.05) is 44.6 Å². The first-order valence-corrected chi connectivity index (χ1v) is 14.3. The van der Waals surface area contributed by atoms with Crippen LogP contribution in [0.2, 0.25) is 0 Å². The Hall–Kier alpha value is -2.67. The van der Waals surface area contributed by atoms with Crippen LogP contribution in [0.3, 0.4) is 0 Å². The van der Waals surface area contributed by atoms with Gasteiger partial charge in [-0.05, 0) is 74.9 Å². The molecule has 5 aliphatic rings. The monoisotopic (exact) mass is 538 g/mol. The molecule has 0 aromatic carbocycles. The van der Waals surface area contributed by atoms with E-state index >= 15 is 0 Å². The zero-order valence-corrected chi connectivity index (χ0v) is 24.2. The molecule has 212 valence electrons. The van der Waals surface area contributed by atoms with E-state index in [1.54, 1.807) is 6.92 Å². The van der Waals surface area contributed by atoms with Crippen molar-refractivity contribution >= 4 is 17.9 Å². The Balaban J connectivity index is 1.60. The van der Waals surface area contributed by atoms with Gasteiger partial charge in [-0.3, -0.25) is 4.79 Å². The molecule has 1 N–H and O–H groups in total. The van der Waals surface area contributed by atoms with Crippen molar-refractivity contribution in [2.75, 3.05) is 0 Å². The molecule has 1 saturated carbocycles. The van der Waals surface area contributed by atoms with Crippen LogP contribution in [0.5, 0.6) is 0 Å². The van der Waals surface area contributed by atoms with E-state index in [-0.39, 0.29) is 47.9 Å². The normalized spacial score (nSPS) is 40.1. The first-order valence-electron chi connectivity index (χ1n) is 14.3. The third-order valence-electron chi connectivity index (χ3n) is 10.9. The van der Waals surface area contributed by atoms with Gasteiger partial charge in [0, 0.05) is 36.3 Å². The maximum Gasteiger partial charge on any atom is 0.333 e. The largest absolute Gasteiger partial charge is 0.462 e. The number of aliphatic hydroxyl groups is 1. The second-order valence-electron chi connectivity index (χ2n) is 13.2. The lowest BCUT2D eigenvalue weighted by Gasteiger charge is -2.54. The van der Waals surface area contributed by atoms with Gasteiger partial charge in [0.05, 0.1) is 6.10 Å².